The van der Waals surface area contributed by atoms with Crippen LogP contribution in [0.3, 0.4) is 0 Å². The monoisotopic (exact) mass is 441 g/mol. The molecule has 7 heteroatoms. The molecular weight excluding hydrogens is 421 g/mol. The summed E-state index contributed by atoms with van der Waals surface area (Å²) in [7, 11) is 1.78. The first-order valence-electron chi connectivity index (χ1n) is 9.66. The maximum absolute atomic E-state index is 13.3. The van der Waals surface area contributed by atoms with Crippen molar-refractivity contribution in [2.24, 2.45) is 0 Å². The number of hydrogen-bond donors (Lipinski definition) is 0. The van der Waals surface area contributed by atoms with Crippen LogP contribution in [0.1, 0.15) is 34.3 Å². The minimum absolute atomic E-state index is 0.131. The van der Waals surface area contributed by atoms with Crippen molar-refractivity contribution in [2.45, 2.75) is 26.8 Å². The van der Waals surface area contributed by atoms with E-state index in [1.54, 1.807) is 28.6 Å². The number of carbonyl (C=O) groups excluding carboxylic acids is 1. The predicted octanol–water partition coefficient (Wildman–Crippen LogP) is 6.04. The number of amides is 1. The van der Waals surface area contributed by atoms with Crippen LogP contribution in [-0.2, 0) is 13.0 Å². The first-order valence-corrected chi connectivity index (χ1v) is 10.4. The van der Waals surface area contributed by atoms with Crippen molar-refractivity contribution in [1.82, 2.24) is 14.5 Å². The van der Waals surface area contributed by atoms with Crippen LogP contribution in [0, 0.1) is 6.92 Å². The van der Waals surface area contributed by atoms with E-state index in [2.05, 4.69) is 5.10 Å². The number of aromatic nitrogens is 2. The van der Waals surface area contributed by atoms with E-state index in [1.807, 2.05) is 50.2 Å². The summed E-state index contributed by atoms with van der Waals surface area (Å²) in [6.07, 6.45) is 0.601. The molecule has 0 aliphatic carbocycles. The van der Waals surface area contributed by atoms with Crippen LogP contribution in [0.15, 0.2) is 52.9 Å². The Balaban J connectivity index is 1.80. The van der Waals surface area contributed by atoms with Crippen molar-refractivity contribution in [1.29, 1.82) is 0 Å². The van der Waals surface area contributed by atoms with E-state index >= 15 is 0 Å². The SMILES string of the molecule is CCc1nn2c(-c3ccc(Cl)cc3Cl)c(C)oc2c1C(=O)N(C)Cc1ccccc1. The van der Waals surface area contributed by atoms with Crippen molar-refractivity contribution >= 4 is 34.8 Å². The van der Waals surface area contributed by atoms with Gasteiger partial charge >= 0.3 is 0 Å². The Kier molecular flexibility index (Phi) is 5.58. The van der Waals surface area contributed by atoms with Crippen LogP contribution in [0.5, 0.6) is 0 Å². The summed E-state index contributed by atoms with van der Waals surface area (Å²) >= 11 is 12.5. The summed E-state index contributed by atoms with van der Waals surface area (Å²) in [5, 5.41) is 5.73. The molecule has 0 saturated heterocycles. The second kappa shape index (κ2) is 8.17. The second-order valence-corrected chi connectivity index (χ2v) is 8.01. The van der Waals surface area contributed by atoms with Gasteiger partial charge in [-0.1, -0.05) is 60.5 Å². The molecule has 1 amide bonds. The van der Waals surface area contributed by atoms with Crippen molar-refractivity contribution < 1.29 is 9.21 Å². The van der Waals surface area contributed by atoms with E-state index in [9.17, 15) is 4.79 Å². The number of halogens is 2. The van der Waals surface area contributed by atoms with Crippen molar-refractivity contribution in [3.63, 3.8) is 0 Å². The summed E-state index contributed by atoms with van der Waals surface area (Å²) < 4.78 is 7.71. The van der Waals surface area contributed by atoms with Crippen LogP contribution in [0.2, 0.25) is 10.0 Å². The van der Waals surface area contributed by atoms with Gasteiger partial charge < -0.3 is 9.32 Å². The molecule has 0 spiro atoms. The standard InChI is InChI=1S/C23H21Cl2N3O2/c1-4-19-20(22(29)27(3)13-15-8-6-5-7-9-15)23-28(26-19)21(14(2)30-23)17-11-10-16(24)12-18(17)25/h5-12H,4,13H2,1-3H3. The van der Waals surface area contributed by atoms with Gasteiger partial charge in [-0.25, -0.2) is 0 Å². The lowest BCUT2D eigenvalue weighted by Gasteiger charge is -2.17. The Morgan fingerprint density at radius 1 is 1.17 bits per heavy atom. The Morgan fingerprint density at radius 3 is 2.57 bits per heavy atom. The summed E-state index contributed by atoms with van der Waals surface area (Å²) in [6.45, 7) is 4.30. The van der Waals surface area contributed by atoms with Crippen LogP contribution < -0.4 is 0 Å². The zero-order valence-electron chi connectivity index (χ0n) is 16.9. The fourth-order valence-corrected chi connectivity index (χ4v) is 4.10. The molecular formula is C23H21Cl2N3O2. The molecule has 4 aromatic rings. The Labute approximate surface area is 184 Å². The molecule has 2 aromatic heterocycles. The molecule has 0 bridgehead atoms. The van der Waals surface area contributed by atoms with Gasteiger partial charge in [-0.3, -0.25) is 4.79 Å². The van der Waals surface area contributed by atoms with Crippen molar-refractivity contribution in [3.8, 4) is 11.3 Å². The van der Waals surface area contributed by atoms with E-state index in [1.165, 1.54) is 0 Å². The van der Waals surface area contributed by atoms with Gasteiger partial charge in [0.1, 0.15) is 17.0 Å². The molecule has 0 aliphatic rings. The van der Waals surface area contributed by atoms with Gasteiger partial charge in [0.2, 0.25) is 5.71 Å². The lowest BCUT2D eigenvalue weighted by atomic mass is 10.1. The summed E-state index contributed by atoms with van der Waals surface area (Å²) in [5.74, 6) is 0.498. The molecule has 5 nitrogen and oxygen atoms in total. The quantitative estimate of drug-likeness (QED) is 0.379. The van der Waals surface area contributed by atoms with Crippen LogP contribution in [0.25, 0.3) is 17.0 Å². The lowest BCUT2D eigenvalue weighted by Crippen LogP contribution is -2.26. The van der Waals surface area contributed by atoms with Gasteiger partial charge in [-0.15, -0.1) is 0 Å². The normalized spacial score (nSPS) is 11.2. The van der Waals surface area contributed by atoms with E-state index in [0.717, 1.165) is 11.1 Å². The van der Waals surface area contributed by atoms with Gasteiger partial charge in [-0.05, 0) is 37.1 Å². The molecule has 2 heterocycles. The Hall–Kier alpha value is -2.76. The Bertz CT molecular complexity index is 1230. The third-order valence-electron chi connectivity index (χ3n) is 5.05. The van der Waals surface area contributed by atoms with Crippen molar-refractivity contribution in [3.05, 3.63) is 81.2 Å². The molecule has 154 valence electrons. The maximum Gasteiger partial charge on any atom is 0.261 e. The maximum atomic E-state index is 13.3. The van der Waals surface area contributed by atoms with E-state index in [0.29, 0.717) is 51.4 Å². The summed E-state index contributed by atoms with van der Waals surface area (Å²) in [6, 6.07) is 15.1. The van der Waals surface area contributed by atoms with Gasteiger partial charge in [0.15, 0.2) is 0 Å². The number of aryl methyl sites for hydroxylation is 2. The number of fused-ring (bicyclic) bond motifs is 1. The number of rotatable bonds is 5. The zero-order chi connectivity index (χ0) is 21.4. The minimum Gasteiger partial charge on any atom is -0.440 e. The first kappa shape index (κ1) is 20.5. The highest BCUT2D eigenvalue weighted by molar-refractivity contribution is 6.36. The zero-order valence-corrected chi connectivity index (χ0v) is 18.5. The third-order valence-corrected chi connectivity index (χ3v) is 5.60. The molecule has 0 atom stereocenters. The summed E-state index contributed by atoms with van der Waals surface area (Å²) in [4.78, 5) is 15.0. The van der Waals surface area contributed by atoms with E-state index in [4.69, 9.17) is 27.6 Å². The van der Waals surface area contributed by atoms with Crippen molar-refractivity contribution in [2.75, 3.05) is 7.05 Å². The molecule has 0 aliphatic heterocycles. The highest BCUT2D eigenvalue weighted by Gasteiger charge is 2.28. The fraction of sp³-hybridized carbons (Fsp3) is 0.217. The van der Waals surface area contributed by atoms with Gasteiger partial charge in [0, 0.05) is 24.2 Å². The largest absolute Gasteiger partial charge is 0.440 e. The third kappa shape index (κ3) is 3.59. The minimum atomic E-state index is -0.131. The number of benzene rings is 2. The van der Waals surface area contributed by atoms with Gasteiger partial charge in [0.05, 0.1) is 10.7 Å². The molecule has 4 rings (SSSR count). The number of nitrogens with zero attached hydrogens (tertiary/aromatic N) is 3. The second-order valence-electron chi connectivity index (χ2n) is 7.17. The van der Waals surface area contributed by atoms with E-state index < -0.39 is 0 Å². The summed E-state index contributed by atoms with van der Waals surface area (Å²) in [5.41, 5.74) is 4.11. The average molecular weight is 442 g/mol. The molecule has 0 N–H and O–H groups in total. The topological polar surface area (TPSA) is 50.8 Å². The molecule has 0 saturated carbocycles. The van der Waals surface area contributed by atoms with Crippen LogP contribution >= 0.6 is 23.2 Å². The number of hydrogen-bond acceptors (Lipinski definition) is 3. The molecule has 0 fully saturated rings. The number of carbonyl (C=O) groups is 1. The Morgan fingerprint density at radius 2 is 1.90 bits per heavy atom. The molecule has 0 radical (unpaired) electrons. The smallest absolute Gasteiger partial charge is 0.261 e. The van der Waals surface area contributed by atoms with E-state index in [-0.39, 0.29) is 5.91 Å². The van der Waals surface area contributed by atoms with Crippen LogP contribution in [-0.4, -0.2) is 27.5 Å². The van der Waals surface area contributed by atoms with Gasteiger partial charge in [0.25, 0.3) is 5.91 Å². The highest BCUT2D eigenvalue weighted by atomic mass is 35.5. The number of oxazole rings is 1. The highest BCUT2D eigenvalue weighted by Crippen LogP contribution is 2.35. The van der Waals surface area contributed by atoms with Crippen LogP contribution in [0.4, 0.5) is 0 Å². The van der Waals surface area contributed by atoms with Gasteiger partial charge in [-0.2, -0.15) is 9.61 Å². The predicted molar refractivity (Wildman–Crippen MR) is 119 cm³/mol. The fourth-order valence-electron chi connectivity index (χ4n) is 3.60. The molecule has 30 heavy (non-hydrogen) atoms. The molecule has 0 unspecified atom stereocenters. The average Bonchev–Trinajstić information content (AvgIpc) is 3.22. The lowest BCUT2D eigenvalue weighted by molar-refractivity contribution is 0.0785. The first-order chi connectivity index (χ1) is 14.4. The molecule has 2 aromatic carbocycles.